The van der Waals surface area contributed by atoms with Gasteiger partial charge in [-0.1, -0.05) is 6.08 Å². The second kappa shape index (κ2) is 4.79. The molecule has 0 saturated carbocycles. The normalized spacial score (nSPS) is 30.8. The van der Waals surface area contributed by atoms with E-state index in [2.05, 4.69) is 11.1 Å². The average molecular weight is 209 g/mol. The van der Waals surface area contributed by atoms with Crippen molar-refractivity contribution < 1.29 is 9.84 Å². The van der Waals surface area contributed by atoms with Gasteiger partial charge in [-0.2, -0.15) is 0 Å². The Labute approximate surface area is 90.9 Å². The van der Waals surface area contributed by atoms with Crippen LogP contribution in [0.2, 0.25) is 0 Å². The number of allylic oxidation sites excluding steroid dienone is 1. The van der Waals surface area contributed by atoms with Crippen molar-refractivity contribution in [3.63, 3.8) is 0 Å². The fraction of sp³-hybridized carbons (Fsp3) is 0.750. The molecule has 2 rings (SSSR count). The van der Waals surface area contributed by atoms with Gasteiger partial charge in [0.2, 0.25) is 5.90 Å². The molecule has 1 N–H and O–H groups in total. The number of hydrogen-bond donors (Lipinski definition) is 1. The van der Waals surface area contributed by atoms with Crippen molar-refractivity contribution >= 4 is 5.90 Å². The zero-order valence-electron chi connectivity index (χ0n) is 9.28. The van der Waals surface area contributed by atoms with Crippen molar-refractivity contribution in [1.29, 1.82) is 0 Å². The molecule has 1 aliphatic carbocycles. The monoisotopic (exact) mass is 209 g/mol. The summed E-state index contributed by atoms with van der Waals surface area (Å²) in [6.45, 7) is 2.22. The molecule has 15 heavy (non-hydrogen) atoms. The van der Waals surface area contributed by atoms with Gasteiger partial charge in [0.05, 0.1) is 6.04 Å². The van der Waals surface area contributed by atoms with Gasteiger partial charge in [0, 0.05) is 12.2 Å². The minimum Gasteiger partial charge on any atom is -0.472 e. The Morgan fingerprint density at radius 3 is 3.07 bits per heavy atom. The van der Waals surface area contributed by atoms with Crippen molar-refractivity contribution in [3.05, 3.63) is 11.6 Å². The van der Waals surface area contributed by atoms with E-state index in [9.17, 15) is 0 Å². The Bertz CT molecular complexity index is 283. The molecule has 0 radical (unpaired) electrons. The van der Waals surface area contributed by atoms with E-state index in [1.54, 1.807) is 0 Å². The van der Waals surface area contributed by atoms with Crippen LogP contribution in [0.25, 0.3) is 0 Å². The Morgan fingerprint density at radius 1 is 1.53 bits per heavy atom. The molecule has 0 aromatic carbocycles. The van der Waals surface area contributed by atoms with Gasteiger partial charge in [0.25, 0.3) is 0 Å². The van der Waals surface area contributed by atoms with Crippen LogP contribution in [0.3, 0.4) is 0 Å². The number of ether oxygens (including phenoxy) is 1. The molecule has 3 heteroatoms. The first kappa shape index (κ1) is 10.7. The lowest BCUT2D eigenvalue weighted by Gasteiger charge is -2.14. The van der Waals surface area contributed by atoms with Crippen LogP contribution in [-0.2, 0) is 4.74 Å². The highest BCUT2D eigenvalue weighted by atomic mass is 16.5. The van der Waals surface area contributed by atoms with Gasteiger partial charge in [-0.15, -0.1) is 0 Å². The van der Waals surface area contributed by atoms with E-state index in [1.807, 2.05) is 6.92 Å². The Balaban J connectivity index is 2.04. The first-order valence-corrected chi connectivity index (χ1v) is 5.86. The summed E-state index contributed by atoms with van der Waals surface area (Å²) in [5, 5.41) is 8.90. The van der Waals surface area contributed by atoms with Crippen molar-refractivity contribution in [2.75, 3.05) is 6.61 Å². The van der Waals surface area contributed by atoms with Crippen molar-refractivity contribution in [2.45, 2.75) is 51.2 Å². The highest BCUT2D eigenvalue weighted by Gasteiger charge is 2.28. The number of aliphatic hydroxyl groups excluding tert-OH is 1. The molecule has 1 heterocycles. The predicted octanol–water partition coefficient (Wildman–Crippen LogP) is 2.06. The van der Waals surface area contributed by atoms with Crippen LogP contribution in [0.1, 0.15) is 39.0 Å². The van der Waals surface area contributed by atoms with Crippen LogP contribution < -0.4 is 0 Å². The van der Waals surface area contributed by atoms with Gasteiger partial charge >= 0.3 is 0 Å². The van der Waals surface area contributed by atoms with Crippen LogP contribution in [0.15, 0.2) is 16.6 Å². The standard InChI is InChI=1S/C12H19NO2/c1-9-11(7-8-14)13-12(15-9)10-5-3-2-4-6-10/h5,9,11,14H,2-4,6-8H2,1H3. The molecule has 0 spiro atoms. The van der Waals surface area contributed by atoms with Crippen LogP contribution in [0, 0.1) is 0 Å². The summed E-state index contributed by atoms with van der Waals surface area (Å²) >= 11 is 0. The van der Waals surface area contributed by atoms with E-state index in [4.69, 9.17) is 9.84 Å². The molecule has 0 aromatic heterocycles. The van der Waals surface area contributed by atoms with Gasteiger partial charge < -0.3 is 9.84 Å². The summed E-state index contributed by atoms with van der Waals surface area (Å²) in [6.07, 6.45) is 7.84. The van der Waals surface area contributed by atoms with Gasteiger partial charge in [-0.3, -0.25) is 0 Å². The summed E-state index contributed by atoms with van der Waals surface area (Å²) < 4.78 is 5.74. The molecular formula is C12H19NO2. The average Bonchev–Trinajstić information content (AvgIpc) is 2.63. The van der Waals surface area contributed by atoms with Gasteiger partial charge in [-0.05, 0) is 39.0 Å². The summed E-state index contributed by atoms with van der Waals surface area (Å²) in [5.41, 5.74) is 1.27. The van der Waals surface area contributed by atoms with Crippen LogP contribution >= 0.6 is 0 Å². The van der Waals surface area contributed by atoms with Crippen molar-refractivity contribution in [1.82, 2.24) is 0 Å². The zero-order valence-corrected chi connectivity index (χ0v) is 9.28. The third kappa shape index (κ3) is 2.40. The lowest BCUT2D eigenvalue weighted by Crippen LogP contribution is -2.19. The highest BCUT2D eigenvalue weighted by Crippen LogP contribution is 2.25. The second-order valence-corrected chi connectivity index (χ2v) is 4.31. The highest BCUT2D eigenvalue weighted by molar-refractivity contribution is 5.94. The first-order chi connectivity index (χ1) is 7.31. The van der Waals surface area contributed by atoms with Crippen LogP contribution in [0.4, 0.5) is 0 Å². The Morgan fingerprint density at radius 2 is 2.40 bits per heavy atom. The predicted molar refractivity (Wildman–Crippen MR) is 60.0 cm³/mol. The summed E-state index contributed by atoms with van der Waals surface area (Å²) in [6, 6.07) is 0.146. The molecule has 0 aromatic rings. The van der Waals surface area contributed by atoms with Crippen molar-refractivity contribution in [2.24, 2.45) is 4.99 Å². The molecule has 0 amide bonds. The van der Waals surface area contributed by atoms with E-state index in [1.165, 1.54) is 18.4 Å². The Hall–Kier alpha value is -0.830. The number of hydrogen-bond acceptors (Lipinski definition) is 3. The van der Waals surface area contributed by atoms with E-state index >= 15 is 0 Å². The summed E-state index contributed by atoms with van der Waals surface area (Å²) in [5.74, 6) is 0.834. The van der Waals surface area contributed by atoms with E-state index in [0.29, 0.717) is 6.42 Å². The zero-order chi connectivity index (χ0) is 10.7. The lowest BCUT2D eigenvalue weighted by molar-refractivity contribution is 0.187. The fourth-order valence-electron chi connectivity index (χ4n) is 2.16. The molecule has 0 bridgehead atoms. The van der Waals surface area contributed by atoms with E-state index in [-0.39, 0.29) is 18.8 Å². The Kier molecular flexibility index (Phi) is 3.41. The number of aliphatic imine (C=N–C) groups is 1. The van der Waals surface area contributed by atoms with Gasteiger partial charge in [-0.25, -0.2) is 4.99 Å². The molecular weight excluding hydrogens is 190 g/mol. The largest absolute Gasteiger partial charge is 0.472 e. The fourth-order valence-corrected chi connectivity index (χ4v) is 2.16. The van der Waals surface area contributed by atoms with E-state index in [0.717, 1.165) is 18.7 Å². The molecule has 3 nitrogen and oxygen atoms in total. The number of aliphatic hydroxyl groups is 1. The van der Waals surface area contributed by atoms with E-state index < -0.39 is 0 Å². The quantitative estimate of drug-likeness (QED) is 0.773. The number of rotatable bonds is 3. The smallest absolute Gasteiger partial charge is 0.212 e. The van der Waals surface area contributed by atoms with Crippen LogP contribution in [-0.4, -0.2) is 29.8 Å². The molecule has 0 fully saturated rings. The lowest BCUT2D eigenvalue weighted by atomic mass is 10.00. The third-order valence-electron chi connectivity index (χ3n) is 3.11. The molecule has 2 unspecified atom stereocenters. The van der Waals surface area contributed by atoms with Gasteiger partial charge in [0.15, 0.2) is 0 Å². The number of nitrogens with zero attached hydrogens (tertiary/aromatic N) is 1. The van der Waals surface area contributed by atoms with Crippen LogP contribution in [0.5, 0.6) is 0 Å². The molecule has 2 atom stereocenters. The second-order valence-electron chi connectivity index (χ2n) is 4.31. The minimum atomic E-state index is 0.120. The third-order valence-corrected chi connectivity index (χ3v) is 3.11. The first-order valence-electron chi connectivity index (χ1n) is 5.86. The van der Waals surface area contributed by atoms with Crippen molar-refractivity contribution in [3.8, 4) is 0 Å². The molecule has 0 saturated heterocycles. The van der Waals surface area contributed by atoms with Gasteiger partial charge in [0.1, 0.15) is 6.10 Å². The molecule has 1 aliphatic heterocycles. The summed E-state index contributed by atoms with van der Waals surface area (Å²) in [7, 11) is 0. The molecule has 2 aliphatic rings. The summed E-state index contributed by atoms with van der Waals surface area (Å²) in [4.78, 5) is 4.55. The maximum absolute atomic E-state index is 8.90. The molecule has 84 valence electrons. The minimum absolute atomic E-state index is 0.120. The SMILES string of the molecule is CC1OC(C2=CCCCC2)=NC1CCO. The maximum atomic E-state index is 8.90. The maximum Gasteiger partial charge on any atom is 0.212 e. The topological polar surface area (TPSA) is 41.8 Å².